The van der Waals surface area contributed by atoms with Crippen LogP contribution in [0.3, 0.4) is 0 Å². The Labute approximate surface area is 118 Å². The highest BCUT2D eigenvalue weighted by Gasteiger charge is 2.30. The minimum absolute atomic E-state index is 0.0953. The predicted molar refractivity (Wildman–Crippen MR) is 68.0 cm³/mol. The normalized spacial score (nSPS) is 18.9. The number of esters is 2. The zero-order valence-corrected chi connectivity index (χ0v) is 11.1. The summed E-state index contributed by atoms with van der Waals surface area (Å²) < 4.78 is 4.44. The fourth-order valence-electron chi connectivity index (χ4n) is 1.62. The van der Waals surface area contributed by atoms with Gasteiger partial charge in [0, 0.05) is 12.0 Å². The van der Waals surface area contributed by atoms with Crippen molar-refractivity contribution in [3.05, 3.63) is 33.8 Å². The Balaban J connectivity index is 2.06. The molecule has 0 saturated carbocycles. The maximum Gasteiger partial charge on any atom is 0.336 e. The first-order chi connectivity index (χ1) is 8.97. The van der Waals surface area contributed by atoms with Gasteiger partial charge >= 0.3 is 11.9 Å². The summed E-state index contributed by atoms with van der Waals surface area (Å²) in [7, 11) is 0. The van der Waals surface area contributed by atoms with Gasteiger partial charge in [0.15, 0.2) is 0 Å². The van der Waals surface area contributed by atoms with Crippen LogP contribution in [0.15, 0.2) is 18.2 Å². The number of hydrogen-bond acceptors (Lipinski definition) is 4. The van der Waals surface area contributed by atoms with E-state index < -0.39 is 23.9 Å². The molecule has 1 N–H and O–H groups in total. The summed E-state index contributed by atoms with van der Waals surface area (Å²) in [5.41, 5.74) is 0.277. The maximum absolute atomic E-state index is 11.9. The Bertz CT molecular complexity index is 559. The number of rotatable bonds is 2. The van der Waals surface area contributed by atoms with Gasteiger partial charge in [-0.1, -0.05) is 23.2 Å². The van der Waals surface area contributed by atoms with Crippen molar-refractivity contribution in [1.29, 1.82) is 0 Å². The Hall–Kier alpha value is -1.59. The SMILES string of the molecule is O=C1CCC(NC(=O)c2ccc(Cl)c(Cl)c2)C(=O)O1. The van der Waals surface area contributed by atoms with Gasteiger partial charge in [0.25, 0.3) is 5.91 Å². The highest BCUT2D eigenvalue weighted by Crippen LogP contribution is 2.22. The first-order valence-electron chi connectivity index (χ1n) is 5.48. The predicted octanol–water partition coefficient (Wildman–Crippen LogP) is 1.96. The number of carbonyl (C=O) groups excluding carboxylic acids is 3. The number of amides is 1. The van der Waals surface area contributed by atoms with Gasteiger partial charge in [0.2, 0.25) is 0 Å². The van der Waals surface area contributed by atoms with Crippen molar-refractivity contribution in [2.45, 2.75) is 18.9 Å². The summed E-state index contributed by atoms with van der Waals surface area (Å²) in [6.07, 6.45) is 0.322. The highest BCUT2D eigenvalue weighted by atomic mass is 35.5. The van der Waals surface area contributed by atoms with Crippen LogP contribution in [0.4, 0.5) is 0 Å². The van der Waals surface area contributed by atoms with E-state index in [-0.39, 0.29) is 23.4 Å². The second-order valence-corrected chi connectivity index (χ2v) is 4.80. The molecule has 5 nitrogen and oxygen atoms in total. The van der Waals surface area contributed by atoms with Crippen LogP contribution >= 0.6 is 23.2 Å². The van der Waals surface area contributed by atoms with Crippen molar-refractivity contribution in [2.75, 3.05) is 0 Å². The van der Waals surface area contributed by atoms with Crippen LogP contribution in [-0.2, 0) is 14.3 Å². The number of hydrogen-bond donors (Lipinski definition) is 1. The van der Waals surface area contributed by atoms with Gasteiger partial charge in [-0.3, -0.25) is 9.59 Å². The third kappa shape index (κ3) is 3.24. The number of ether oxygens (including phenoxy) is 1. The van der Waals surface area contributed by atoms with Crippen LogP contribution in [0.5, 0.6) is 0 Å². The second kappa shape index (κ2) is 5.59. The minimum Gasteiger partial charge on any atom is -0.392 e. The smallest absolute Gasteiger partial charge is 0.336 e. The third-order valence-electron chi connectivity index (χ3n) is 2.62. The Kier molecular flexibility index (Phi) is 4.07. The first-order valence-corrected chi connectivity index (χ1v) is 6.23. The van der Waals surface area contributed by atoms with E-state index in [0.717, 1.165) is 0 Å². The second-order valence-electron chi connectivity index (χ2n) is 3.99. The fraction of sp³-hybridized carbons (Fsp3) is 0.250. The molecule has 100 valence electrons. The molecule has 2 rings (SSSR count). The molecule has 0 bridgehead atoms. The quantitative estimate of drug-likeness (QED) is 0.669. The van der Waals surface area contributed by atoms with E-state index >= 15 is 0 Å². The number of nitrogens with one attached hydrogen (secondary N) is 1. The van der Waals surface area contributed by atoms with E-state index in [2.05, 4.69) is 10.1 Å². The molecule has 1 heterocycles. The summed E-state index contributed by atoms with van der Waals surface area (Å²) in [6, 6.07) is 3.56. The van der Waals surface area contributed by atoms with Gasteiger partial charge in [0.1, 0.15) is 6.04 Å². The van der Waals surface area contributed by atoms with Crippen molar-refractivity contribution in [3.63, 3.8) is 0 Å². The van der Waals surface area contributed by atoms with E-state index in [1.807, 2.05) is 0 Å². The van der Waals surface area contributed by atoms with Gasteiger partial charge in [0.05, 0.1) is 10.0 Å². The summed E-state index contributed by atoms with van der Waals surface area (Å²) in [5, 5.41) is 3.06. The van der Waals surface area contributed by atoms with Gasteiger partial charge in [-0.05, 0) is 24.6 Å². The maximum atomic E-state index is 11.9. The van der Waals surface area contributed by atoms with Gasteiger partial charge < -0.3 is 10.1 Å². The van der Waals surface area contributed by atoms with Crippen molar-refractivity contribution < 1.29 is 19.1 Å². The molecule has 1 aromatic rings. The molecule has 1 fully saturated rings. The number of carbonyl (C=O) groups is 3. The van der Waals surface area contributed by atoms with E-state index in [1.165, 1.54) is 18.2 Å². The van der Waals surface area contributed by atoms with Crippen LogP contribution in [0.2, 0.25) is 10.0 Å². The molecule has 1 saturated heterocycles. The molecule has 0 aliphatic carbocycles. The molecular formula is C12H9Cl2NO4. The molecule has 1 unspecified atom stereocenters. The van der Waals surface area contributed by atoms with Gasteiger partial charge in [-0.2, -0.15) is 0 Å². The van der Waals surface area contributed by atoms with Crippen molar-refractivity contribution >= 4 is 41.0 Å². The largest absolute Gasteiger partial charge is 0.392 e. The summed E-state index contributed by atoms with van der Waals surface area (Å²) in [5.74, 6) is -1.80. The lowest BCUT2D eigenvalue weighted by Gasteiger charge is -2.20. The molecule has 0 spiro atoms. The van der Waals surface area contributed by atoms with Crippen LogP contribution in [0.1, 0.15) is 23.2 Å². The van der Waals surface area contributed by atoms with E-state index in [4.69, 9.17) is 23.2 Å². The molecule has 1 aromatic carbocycles. The van der Waals surface area contributed by atoms with Crippen LogP contribution < -0.4 is 5.32 Å². The minimum atomic E-state index is -0.820. The molecule has 19 heavy (non-hydrogen) atoms. The molecule has 1 aliphatic heterocycles. The molecule has 1 atom stereocenters. The zero-order valence-electron chi connectivity index (χ0n) is 9.61. The Morgan fingerprint density at radius 2 is 2.00 bits per heavy atom. The lowest BCUT2D eigenvalue weighted by atomic mass is 10.1. The van der Waals surface area contributed by atoms with E-state index in [0.29, 0.717) is 5.02 Å². The van der Waals surface area contributed by atoms with Gasteiger partial charge in [-0.25, -0.2) is 4.79 Å². The Morgan fingerprint density at radius 3 is 2.63 bits per heavy atom. The molecular weight excluding hydrogens is 293 g/mol. The van der Waals surface area contributed by atoms with Crippen molar-refractivity contribution in [1.82, 2.24) is 5.32 Å². The lowest BCUT2D eigenvalue weighted by molar-refractivity contribution is -0.165. The van der Waals surface area contributed by atoms with E-state index in [1.54, 1.807) is 0 Å². The Morgan fingerprint density at radius 1 is 1.26 bits per heavy atom. The standard InChI is InChI=1S/C12H9Cl2NO4/c13-7-2-1-6(5-8(7)14)11(17)15-9-3-4-10(16)19-12(9)18/h1-2,5,9H,3-4H2,(H,15,17). The molecule has 0 radical (unpaired) electrons. The number of halogens is 2. The van der Waals surface area contributed by atoms with Crippen LogP contribution in [0.25, 0.3) is 0 Å². The van der Waals surface area contributed by atoms with Crippen LogP contribution in [-0.4, -0.2) is 23.9 Å². The number of benzene rings is 1. The van der Waals surface area contributed by atoms with Crippen LogP contribution in [0, 0.1) is 0 Å². The third-order valence-corrected chi connectivity index (χ3v) is 3.36. The summed E-state index contributed by atoms with van der Waals surface area (Å²) in [6.45, 7) is 0. The molecule has 1 amide bonds. The molecule has 7 heteroatoms. The highest BCUT2D eigenvalue weighted by molar-refractivity contribution is 6.42. The topological polar surface area (TPSA) is 72.5 Å². The van der Waals surface area contributed by atoms with Crippen molar-refractivity contribution in [2.24, 2.45) is 0 Å². The summed E-state index contributed by atoms with van der Waals surface area (Å²) >= 11 is 11.5. The first kappa shape index (κ1) is 13.8. The van der Waals surface area contributed by atoms with E-state index in [9.17, 15) is 14.4 Å². The fourth-order valence-corrected chi connectivity index (χ4v) is 1.92. The average Bonchev–Trinajstić information content (AvgIpc) is 2.36. The van der Waals surface area contributed by atoms with Gasteiger partial charge in [-0.15, -0.1) is 0 Å². The summed E-state index contributed by atoms with van der Waals surface area (Å²) in [4.78, 5) is 34.2. The monoisotopic (exact) mass is 301 g/mol. The number of cyclic esters (lactones) is 2. The molecule has 1 aliphatic rings. The average molecular weight is 302 g/mol. The molecule has 0 aromatic heterocycles. The lowest BCUT2D eigenvalue weighted by Crippen LogP contribution is -2.45. The van der Waals surface area contributed by atoms with Crippen molar-refractivity contribution in [3.8, 4) is 0 Å². The zero-order chi connectivity index (χ0) is 14.0.